The van der Waals surface area contributed by atoms with E-state index in [0.717, 1.165) is 39.9 Å². The molecule has 4 heterocycles. The molecule has 4 aliphatic rings. The summed E-state index contributed by atoms with van der Waals surface area (Å²) in [6.45, 7) is 3.67. The van der Waals surface area contributed by atoms with E-state index in [2.05, 4.69) is 20.6 Å². The van der Waals surface area contributed by atoms with Crippen molar-refractivity contribution in [3.05, 3.63) is 93.9 Å². The summed E-state index contributed by atoms with van der Waals surface area (Å²) in [5.41, 5.74) is 6.80. The first-order chi connectivity index (χ1) is 27.0. The number of imidazole rings is 2. The summed E-state index contributed by atoms with van der Waals surface area (Å²) in [4.78, 5) is 70.5. The Balaban J connectivity index is 0.962. The molecule has 290 valence electrons. The molecule has 0 bridgehead atoms. The van der Waals surface area contributed by atoms with Crippen molar-refractivity contribution >= 4 is 47.2 Å². The van der Waals surface area contributed by atoms with Gasteiger partial charge in [0.15, 0.2) is 0 Å². The van der Waals surface area contributed by atoms with Crippen LogP contribution in [0, 0.1) is 5.92 Å². The first-order valence-electron chi connectivity index (χ1n) is 18.5. The molecule has 6 unspecified atom stereocenters. The number of likely N-dealkylation sites (tertiary alicyclic amines) is 1. The number of halogens is 2. The van der Waals surface area contributed by atoms with Crippen molar-refractivity contribution in [2.24, 2.45) is 5.92 Å². The van der Waals surface area contributed by atoms with Crippen molar-refractivity contribution in [3.8, 4) is 33.6 Å². The summed E-state index contributed by atoms with van der Waals surface area (Å²) in [6, 6.07) is 13.5. The number of nitrogens with one attached hydrogen (secondary N) is 4. The summed E-state index contributed by atoms with van der Waals surface area (Å²) in [6.07, 6.45) is 5.08. The molecule has 14 nitrogen and oxygen atoms in total. The van der Waals surface area contributed by atoms with Crippen molar-refractivity contribution < 1.29 is 28.7 Å². The quantitative estimate of drug-likeness (QED) is 0.117. The monoisotopic (exact) mass is 798 g/mol. The van der Waals surface area contributed by atoms with E-state index in [0.29, 0.717) is 52.6 Å². The van der Waals surface area contributed by atoms with Gasteiger partial charge in [0.25, 0.3) is 0 Å². The molecular weight excluding hydrogens is 759 g/mol. The number of H-pyrrole nitrogens is 2. The second kappa shape index (κ2) is 14.8. The highest BCUT2D eigenvalue weighted by atomic mass is 35.5. The van der Waals surface area contributed by atoms with Crippen LogP contribution in [0.15, 0.2) is 72.0 Å². The van der Waals surface area contributed by atoms with Gasteiger partial charge in [-0.25, -0.2) is 19.6 Å². The maximum absolute atomic E-state index is 13.6. The van der Waals surface area contributed by atoms with Gasteiger partial charge in [0, 0.05) is 22.7 Å². The van der Waals surface area contributed by atoms with Gasteiger partial charge in [-0.1, -0.05) is 97.7 Å². The highest BCUT2D eigenvalue weighted by molar-refractivity contribution is 6.32. The maximum Gasteiger partial charge on any atom is 0.407 e. The van der Waals surface area contributed by atoms with E-state index in [1.807, 2.05) is 74.5 Å². The number of allylic oxidation sites excluding steroid dienone is 2. The predicted octanol–water partition coefficient (Wildman–Crippen LogP) is 7.08. The lowest BCUT2D eigenvalue weighted by atomic mass is 10.0. The number of hydrogen-bond donors (Lipinski definition) is 4. The molecule has 4 amide bonds. The van der Waals surface area contributed by atoms with E-state index in [-0.39, 0.29) is 29.8 Å². The highest BCUT2D eigenvalue weighted by Gasteiger charge is 2.51. The molecule has 2 aromatic heterocycles. The summed E-state index contributed by atoms with van der Waals surface area (Å²) >= 11 is 13.4. The van der Waals surface area contributed by atoms with Gasteiger partial charge in [0.2, 0.25) is 11.8 Å². The van der Waals surface area contributed by atoms with Gasteiger partial charge in [-0.05, 0) is 42.4 Å². The number of alkyl carbamates (subject to hydrolysis) is 2. The predicted molar refractivity (Wildman–Crippen MR) is 208 cm³/mol. The number of benzene rings is 2. The second-order valence-corrected chi connectivity index (χ2v) is 15.0. The molecule has 56 heavy (non-hydrogen) atoms. The van der Waals surface area contributed by atoms with E-state index < -0.39 is 30.3 Å². The van der Waals surface area contributed by atoms with E-state index >= 15 is 0 Å². The van der Waals surface area contributed by atoms with Crippen LogP contribution in [0.4, 0.5) is 9.59 Å². The molecule has 1 saturated heterocycles. The lowest BCUT2D eigenvalue weighted by molar-refractivity contribution is -0.135. The van der Waals surface area contributed by atoms with Gasteiger partial charge in [-0.2, -0.15) is 0 Å². The zero-order valence-electron chi connectivity index (χ0n) is 31.1. The Bertz CT molecular complexity index is 2280. The van der Waals surface area contributed by atoms with Gasteiger partial charge >= 0.3 is 12.2 Å². The van der Waals surface area contributed by atoms with Crippen LogP contribution in [-0.4, -0.2) is 86.1 Å². The highest BCUT2D eigenvalue weighted by Crippen LogP contribution is 2.52. The van der Waals surface area contributed by atoms with Crippen molar-refractivity contribution in [2.75, 3.05) is 14.2 Å². The van der Waals surface area contributed by atoms with Gasteiger partial charge < -0.3 is 39.9 Å². The SMILES string of the molecule is CCC(NC(=O)OC)C(=O)N1C2=CC2CC1c1nc(-c2ccc(-c3ccc(-c4nc(C5C=C6CC6N5C(=O)C(CC)NC(=O)OC)[nH]c4Cl)cc3)cc2)c(Cl)[nH]1. The fourth-order valence-electron chi connectivity index (χ4n) is 7.73. The Morgan fingerprint density at radius 1 is 0.750 bits per heavy atom. The number of aromatic nitrogens is 4. The Hall–Kier alpha value is -5.60. The van der Waals surface area contributed by atoms with Gasteiger partial charge in [0.1, 0.15) is 51.5 Å². The molecule has 0 spiro atoms. The number of aromatic amines is 2. The molecule has 4 N–H and O–H groups in total. The van der Waals surface area contributed by atoms with Crippen LogP contribution in [0.3, 0.4) is 0 Å². The molecular formula is C40H40Cl2N8O6. The standard InChI is InChI=1S/C40H40Cl2N8O6/c1-5-25(43-39(53)55-3)37(51)49-27-15-23(27)17-29(49)35-45-31(33(41)47-35)21-11-7-19(8-12-21)20-9-13-22(14-10-20)32-34(42)48-36(46-32)30-18-24-16-28(24)50(30)38(52)26(6-2)44-40(54)56-4/h7-15,18,23,25-26,28-30H,5-6,16-17H2,1-4H3,(H,43,53)(H,44,54)(H,45,47)(H,46,48). The Morgan fingerprint density at radius 3 is 1.79 bits per heavy atom. The topological polar surface area (TPSA) is 175 Å². The van der Waals surface area contributed by atoms with Crippen LogP contribution in [0.1, 0.15) is 63.3 Å². The molecule has 6 atom stereocenters. The molecule has 4 aromatic rings. The minimum Gasteiger partial charge on any atom is -0.453 e. The van der Waals surface area contributed by atoms with E-state index in [4.69, 9.17) is 42.6 Å². The van der Waals surface area contributed by atoms with E-state index in [1.165, 1.54) is 14.2 Å². The van der Waals surface area contributed by atoms with Crippen molar-refractivity contribution in [3.63, 3.8) is 0 Å². The molecule has 16 heteroatoms. The van der Waals surface area contributed by atoms with Crippen LogP contribution < -0.4 is 10.6 Å². The van der Waals surface area contributed by atoms with Gasteiger partial charge in [-0.15, -0.1) is 0 Å². The van der Waals surface area contributed by atoms with Gasteiger partial charge in [0.05, 0.1) is 26.3 Å². The summed E-state index contributed by atoms with van der Waals surface area (Å²) in [7, 11) is 2.54. The fraction of sp³-hybridized carbons (Fsp3) is 0.350. The first-order valence-corrected chi connectivity index (χ1v) is 19.3. The zero-order chi connectivity index (χ0) is 39.4. The molecule has 2 aliphatic heterocycles. The summed E-state index contributed by atoms with van der Waals surface area (Å²) < 4.78 is 9.45. The fourth-order valence-corrected chi connectivity index (χ4v) is 8.23. The minimum atomic E-state index is -0.730. The lowest BCUT2D eigenvalue weighted by Gasteiger charge is -2.29. The average Bonchev–Trinajstić information content (AvgIpc) is 3.93. The largest absolute Gasteiger partial charge is 0.453 e. The molecule has 1 saturated carbocycles. The minimum absolute atomic E-state index is 0.0152. The van der Waals surface area contributed by atoms with E-state index in [9.17, 15) is 19.2 Å². The van der Waals surface area contributed by atoms with Crippen molar-refractivity contribution in [1.82, 2.24) is 40.4 Å². The lowest BCUT2D eigenvalue weighted by Crippen LogP contribution is -2.49. The van der Waals surface area contributed by atoms with Crippen LogP contribution in [0.25, 0.3) is 33.6 Å². The van der Waals surface area contributed by atoms with Crippen molar-refractivity contribution in [2.45, 2.75) is 69.7 Å². The zero-order valence-corrected chi connectivity index (χ0v) is 32.6. The number of ether oxygens (including phenoxy) is 2. The number of hydrogen-bond acceptors (Lipinski definition) is 8. The molecule has 0 radical (unpaired) electrons. The number of nitrogens with zero attached hydrogens (tertiary/aromatic N) is 4. The maximum atomic E-state index is 13.6. The van der Waals surface area contributed by atoms with Gasteiger partial charge in [-0.3, -0.25) is 9.59 Å². The van der Waals surface area contributed by atoms with Crippen LogP contribution >= 0.6 is 23.2 Å². The second-order valence-electron chi connectivity index (χ2n) is 14.2. The number of fused-ring (bicyclic) bond motifs is 2. The Morgan fingerprint density at radius 2 is 1.25 bits per heavy atom. The molecule has 2 aromatic carbocycles. The third-order valence-corrected chi connectivity index (χ3v) is 11.4. The van der Waals surface area contributed by atoms with Crippen molar-refractivity contribution in [1.29, 1.82) is 0 Å². The molecule has 8 rings (SSSR count). The number of amides is 4. The summed E-state index contributed by atoms with van der Waals surface area (Å²) in [5.74, 6) is 0.908. The molecule has 2 fully saturated rings. The smallest absolute Gasteiger partial charge is 0.407 e. The third kappa shape index (κ3) is 6.81. The van der Waals surface area contributed by atoms with Crippen LogP contribution in [-0.2, 0) is 19.1 Å². The molecule has 2 aliphatic carbocycles. The Labute approximate surface area is 332 Å². The summed E-state index contributed by atoms with van der Waals surface area (Å²) in [5, 5.41) is 6.01. The van der Waals surface area contributed by atoms with E-state index in [1.54, 1.807) is 9.80 Å². The Kier molecular flexibility index (Phi) is 9.87. The number of carbonyl (C=O) groups is 4. The number of carbonyl (C=O) groups excluding carboxylic acids is 4. The first kappa shape index (κ1) is 37.3. The third-order valence-electron chi connectivity index (χ3n) is 10.9. The normalized spacial score (nSPS) is 21.3. The van der Waals surface area contributed by atoms with Crippen LogP contribution in [0.5, 0.6) is 0 Å². The van der Waals surface area contributed by atoms with Crippen LogP contribution in [0.2, 0.25) is 10.3 Å². The average molecular weight is 800 g/mol. The number of methoxy groups -OCH3 is 2. The number of rotatable bonds is 11.